The molecule has 2 aromatic carbocycles. The van der Waals surface area contributed by atoms with Crippen molar-refractivity contribution in [2.75, 3.05) is 41.8 Å². The second-order valence-corrected chi connectivity index (χ2v) is 5.74. The fourth-order valence-corrected chi connectivity index (χ4v) is 2.62. The van der Waals surface area contributed by atoms with Crippen LogP contribution < -0.4 is 15.1 Å². The van der Waals surface area contributed by atoms with Gasteiger partial charge in [0.1, 0.15) is 0 Å². The third-order valence-corrected chi connectivity index (χ3v) is 4.28. The average Bonchev–Trinajstić information content (AvgIpc) is 2.62. The number of carbonyl (C=O) groups excluding carboxylic acids is 1. The number of benzene rings is 2. The van der Waals surface area contributed by atoms with Crippen LogP contribution in [0.4, 0.5) is 17.1 Å². The first-order valence-electron chi connectivity index (χ1n) is 8.56. The molecule has 24 heavy (non-hydrogen) atoms. The Morgan fingerprint density at radius 2 is 1.58 bits per heavy atom. The summed E-state index contributed by atoms with van der Waals surface area (Å²) < 4.78 is 0. The summed E-state index contributed by atoms with van der Waals surface area (Å²) in [4.78, 5) is 16.8. The predicted molar refractivity (Wildman–Crippen MR) is 103 cm³/mol. The van der Waals surface area contributed by atoms with Crippen LogP contribution in [0.2, 0.25) is 0 Å². The summed E-state index contributed by atoms with van der Waals surface area (Å²) in [6.45, 7) is 9.20. The molecule has 0 aromatic heterocycles. The number of amides is 1. The molecule has 1 N–H and O–H groups in total. The van der Waals surface area contributed by atoms with Gasteiger partial charge in [0.05, 0.1) is 0 Å². The lowest BCUT2D eigenvalue weighted by atomic mass is 10.1. The number of rotatable bonds is 7. The van der Waals surface area contributed by atoms with Gasteiger partial charge in [0.25, 0.3) is 5.91 Å². The van der Waals surface area contributed by atoms with Gasteiger partial charge in [-0.15, -0.1) is 0 Å². The molecule has 0 radical (unpaired) electrons. The Balaban J connectivity index is 2.10. The Bertz CT molecular complexity index is 663. The molecular formula is C20H27N3O. The van der Waals surface area contributed by atoms with Crippen molar-refractivity contribution >= 4 is 23.0 Å². The molecule has 0 fully saturated rings. The van der Waals surface area contributed by atoms with Crippen molar-refractivity contribution < 1.29 is 4.79 Å². The van der Waals surface area contributed by atoms with Crippen LogP contribution in [0.3, 0.4) is 0 Å². The molecule has 0 aliphatic rings. The monoisotopic (exact) mass is 325 g/mol. The maximum absolute atomic E-state index is 12.4. The summed E-state index contributed by atoms with van der Waals surface area (Å²) in [5, 5.41) is 2.98. The second kappa shape index (κ2) is 8.39. The predicted octanol–water partition coefficient (Wildman–Crippen LogP) is 4.24. The Kier molecular flexibility index (Phi) is 6.24. The molecule has 0 atom stereocenters. The van der Waals surface area contributed by atoms with Crippen molar-refractivity contribution in [3.05, 3.63) is 54.1 Å². The van der Waals surface area contributed by atoms with Crippen LogP contribution in [0, 0.1) is 0 Å². The van der Waals surface area contributed by atoms with Crippen molar-refractivity contribution in [2.45, 2.75) is 20.8 Å². The van der Waals surface area contributed by atoms with E-state index in [0.29, 0.717) is 5.56 Å². The number of nitrogens with zero attached hydrogens (tertiary/aromatic N) is 2. The summed E-state index contributed by atoms with van der Waals surface area (Å²) in [7, 11) is 2.03. The summed E-state index contributed by atoms with van der Waals surface area (Å²) in [6, 6.07) is 15.7. The summed E-state index contributed by atoms with van der Waals surface area (Å²) in [5.74, 6) is -0.0857. The van der Waals surface area contributed by atoms with Gasteiger partial charge in [0.2, 0.25) is 0 Å². The summed E-state index contributed by atoms with van der Waals surface area (Å²) >= 11 is 0. The minimum absolute atomic E-state index is 0.0857. The van der Waals surface area contributed by atoms with E-state index in [1.807, 2.05) is 55.6 Å². The van der Waals surface area contributed by atoms with E-state index in [4.69, 9.17) is 0 Å². The molecule has 0 aliphatic heterocycles. The maximum atomic E-state index is 12.4. The molecule has 0 aliphatic carbocycles. The van der Waals surface area contributed by atoms with Crippen molar-refractivity contribution in [3.8, 4) is 0 Å². The first-order valence-corrected chi connectivity index (χ1v) is 8.56. The van der Waals surface area contributed by atoms with Crippen LogP contribution in [0.25, 0.3) is 0 Å². The Labute approximate surface area is 145 Å². The topological polar surface area (TPSA) is 35.6 Å². The Hall–Kier alpha value is -2.49. The molecular weight excluding hydrogens is 298 g/mol. The van der Waals surface area contributed by atoms with Crippen molar-refractivity contribution in [1.82, 2.24) is 0 Å². The molecule has 0 spiro atoms. The van der Waals surface area contributed by atoms with Gasteiger partial charge in [-0.3, -0.25) is 4.79 Å². The van der Waals surface area contributed by atoms with Gasteiger partial charge in [0.15, 0.2) is 0 Å². The van der Waals surface area contributed by atoms with Gasteiger partial charge < -0.3 is 15.1 Å². The molecule has 4 heteroatoms. The fourth-order valence-electron chi connectivity index (χ4n) is 2.62. The second-order valence-electron chi connectivity index (χ2n) is 5.74. The highest BCUT2D eigenvalue weighted by atomic mass is 16.1. The molecule has 1 amide bonds. The van der Waals surface area contributed by atoms with E-state index in [1.165, 1.54) is 0 Å². The molecule has 0 saturated carbocycles. The van der Waals surface area contributed by atoms with E-state index in [2.05, 4.69) is 35.9 Å². The molecule has 0 bridgehead atoms. The van der Waals surface area contributed by atoms with Crippen LogP contribution >= 0.6 is 0 Å². The van der Waals surface area contributed by atoms with Gasteiger partial charge in [-0.1, -0.05) is 6.07 Å². The highest BCUT2D eigenvalue weighted by Crippen LogP contribution is 2.20. The van der Waals surface area contributed by atoms with Gasteiger partial charge in [-0.25, -0.2) is 0 Å². The quantitative estimate of drug-likeness (QED) is 0.827. The van der Waals surface area contributed by atoms with E-state index in [9.17, 15) is 4.79 Å². The van der Waals surface area contributed by atoms with Crippen LogP contribution in [0.15, 0.2) is 48.5 Å². The Morgan fingerprint density at radius 3 is 2.17 bits per heavy atom. The van der Waals surface area contributed by atoms with E-state index >= 15 is 0 Å². The highest BCUT2D eigenvalue weighted by Gasteiger charge is 2.08. The van der Waals surface area contributed by atoms with E-state index < -0.39 is 0 Å². The molecule has 0 saturated heterocycles. The largest absolute Gasteiger partial charge is 0.375 e. The SMILES string of the molecule is CCN(C)c1cccc(NC(=O)c2ccc(N(CC)CC)cc2)c1. The first-order chi connectivity index (χ1) is 11.6. The average molecular weight is 325 g/mol. The minimum Gasteiger partial charge on any atom is -0.375 e. The molecule has 128 valence electrons. The smallest absolute Gasteiger partial charge is 0.255 e. The Morgan fingerprint density at radius 1 is 0.917 bits per heavy atom. The number of anilines is 3. The van der Waals surface area contributed by atoms with E-state index in [1.54, 1.807) is 0 Å². The van der Waals surface area contributed by atoms with Crippen LogP contribution in [0.1, 0.15) is 31.1 Å². The van der Waals surface area contributed by atoms with Gasteiger partial charge >= 0.3 is 0 Å². The van der Waals surface area contributed by atoms with E-state index in [0.717, 1.165) is 36.7 Å². The third-order valence-electron chi connectivity index (χ3n) is 4.28. The number of carbonyl (C=O) groups is 1. The van der Waals surface area contributed by atoms with Crippen molar-refractivity contribution in [1.29, 1.82) is 0 Å². The minimum atomic E-state index is -0.0857. The van der Waals surface area contributed by atoms with E-state index in [-0.39, 0.29) is 5.91 Å². The zero-order valence-corrected chi connectivity index (χ0v) is 15.0. The van der Waals surface area contributed by atoms with Crippen LogP contribution in [-0.2, 0) is 0 Å². The van der Waals surface area contributed by atoms with Crippen LogP contribution in [0.5, 0.6) is 0 Å². The first kappa shape index (κ1) is 17.9. The maximum Gasteiger partial charge on any atom is 0.255 e. The summed E-state index contributed by atoms with van der Waals surface area (Å²) in [5.41, 5.74) is 3.71. The molecule has 0 heterocycles. The molecule has 2 aromatic rings. The third kappa shape index (κ3) is 4.28. The van der Waals surface area contributed by atoms with Gasteiger partial charge in [-0.05, 0) is 63.2 Å². The number of nitrogens with one attached hydrogen (secondary N) is 1. The highest BCUT2D eigenvalue weighted by molar-refractivity contribution is 6.04. The number of hydrogen-bond acceptors (Lipinski definition) is 3. The normalized spacial score (nSPS) is 10.3. The van der Waals surface area contributed by atoms with Gasteiger partial charge in [0, 0.05) is 49.3 Å². The zero-order chi connectivity index (χ0) is 17.5. The molecule has 4 nitrogen and oxygen atoms in total. The lowest BCUT2D eigenvalue weighted by Gasteiger charge is -2.21. The van der Waals surface area contributed by atoms with Crippen molar-refractivity contribution in [2.24, 2.45) is 0 Å². The lowest BCUT2D eigenvalue weighted by Crippen LogP contribution is -2.21. The van der Waals surface area contributed by atoms with Crippen LogP contribution in [-0.4, -0.2) is 32.6 Å². The van der Waals surface area contributed by atoms with Gasteiger partial charge in [-0.2, -0.15) is 0 Å². The number of hydrogen-bond donors (Lipinski definition) is 1. The zero-order valence-electron chi connectivity index (χ0n) is 15.0. The molecule has 0 unspecified atom stereocenters. The van der Waals surface area contributed by atoms with Crippen molar-refractivity contribution in [3.63, 3.8) is 0 Å². The summed E-state index contributed by atoms with van der Waals surface area (Å²) in [6.07, 6.45) is 0. The fraction of sp³-hybridized carbons (Fsp3) is 0.350. The standard InChI is InChI=1S/C20H27N3O/c1-5-22(4)19-10-8-9-17(15-19)21-20(24)16-11-13-18(14-12-16)23(6-2)7-3/h8-15H,5-7H2,1-4H3,(H,21,24). The lowest BCUT2D eigenvalue weighted by molar-refractivity contribution is 0.102. The molecule has 2 rings (SSSR count).